The maximum Gasteiger partial charge on any atom is 0.130 e. The van der Waals surface area contributed by atoms with E-state index in [0.29, 0.717) is 0 Å². The first-order valence-corrected chi connectivity index (χ1v) is 8.50. The zero-order valence-electron chi connectivity index (χ0n) is 13.4. The van der Waals surface area contributed by atoms with E-state index in [9.17, 15) is 0 Å². The molecule has 0 bridgehead atoms. The van der Waals surface area contributed by atoms with Gasteiger partial charge in [-0.15, -0.1) is 0 Å². The molecule has 113 valence electrons. The number of hydrogen-bond acceptors (Lipinski definition) is 1. The van der Waals surface area contributed by atoms with Crippen LogP contribution in [0.3, 0.4) is 0 Å². The molecule has 0 heterocycles. The van der Waals surface area contributed by atoms with Crippen molar-refractivity contribution in [2.45, 2.75) is 78.1 Å². The highest BCUT2D eigenvalue weighted by Gasteiger charge is 2.03. The zero-order chi connectivity index (χ0) is 14.5. The van der Waals surface area contributed by atoms with Gasteiger partial charge in [0.15, 0.2) is 0 Å². The van der Waals surface area contributed by atoms with E-state index in [1.807, 2.05) is 6.07 Å². The van der Waals surface area contributed by atoms with Crippen molar-refractivity contribution >= 4 is 0 Å². The fraction of sp³-hybridized carbons (Fsp3) is 0.684. The molecule has 0 spiro atoms. The second kappa shape index (κ2) is 11.8. The Balaban J connectivity index is 2.21. The minimum Gasteiger partial charge on any atom is -0.493 e. The van der Waals surface area contributed by atoms with Crippen LogP contribution in [0, 0.1) is 6.07 Å². The van der Waals surface area contributed by atoms with E-state index >= 15 is 0 Å². The Hall–Kier alpha value is -0.980. The second-order valence-electron chi connectivity index (χ2n) is 5.60. The van der Waals surface area contributed by atoms with Gasteiger partial charge in [-0.05, 0) is 24.8 Å². The third kappa shape index (κ3) is 7.57. The average Bonchev–Trinajstić information content (AvgIpc) is 2.48. The fourth-order valence-electron chi connectivity index (χ4n) is 2.38. The molecule has 0 aliphatic rings. The summed E-state index contributed by atoms with van der Waals surface area (Å²) in [7, 11) is 0. The summed E-state index contributed by atoms with van der Waals surface area (Å²) in [5.74, 6) is 0.979. The molecule has 1 radical (unpaired) electrons. The fourth-order valence-corrected chi connectivity index (χ4v) is 2.38. The first kappa shape index (κ1) is 17.1. The Bertz CT molecular complexity index is 332. The van der Waals surface area contributed by atoms with Crippen molar-refractivity contribution in [1.82, 2.24) is 0 Å². The molecule has 1 rings (SSSR count). The van der Waals surface area contributed by atoms with Gasteiger partial charge in [-0.25, -0.2) is 0 Å². The smallest absolute Gasteiger partial charge is 0.130 e. The maximum atomic E-state index is 5.83. The van der Waals surface area contributed by atoms with Gasteiger partial charge in [-0.3, -0.25) is 0 Å². The number of aryl methyl sites for hydroxylation is 1. The lowest BCUT2D eigenvalue weighted by Gasteiger charge is -2.10. The molecule has 0 amide bonds. The number of para-hydroxylation sites is 1. The molecule has 1 heteroatoms. The number of ether oxygens (including phenoxy) is 1. The van der Waals surface area contributed by atoms with Gasteiger partial charge in [-0.1, -0.05) is 77.0 Å². The van der Waals surface area contributed by atoms with Crippen molar-refractivity contribution in [1.29, 1.82) is 0 Å². The minimum absolute atomic E-state index is 0.820. The number of benzene rings is 1. The summed E-state index contributed by atoms with van der Waals surface area (Å²) in [5, 5.41) is 0. The van der Waals surface area contributed by atoms with Crippen LogP contribution >= 0.6 is 0 Å². The molecule has 1 aromatic rings. The standard InChI is InChI=1S/C19H31O/c1-3-5-7-8-9-10-11-14-18-15-12-13-16-19(18)20-17-6-4-2/h12-13,15H,3-11,14,17H2,1-2H3. The predicted octanol–water partition coefficient (Wildman–Crippen LogP) is 5.96. The van der Waals surface area contributed by atoms with E-state index in [1.54, 1.807) is 0 Å². The molecule has 0 atom stereocenters. The summed E-state index contributed by atoms with van der Waals surface area (Å²) in [6.45, 7) is 5.28. The van der Waals surface area contributed by atoms with Crippen LogP contribution in [-0.4, -0.2) is 6.61 Å². The highest BCUT2D eigenvalue weighted by molar-refractivity contribution is 5.32. The van der Waals surface area contributed by atoms with Gasteiger partial charge in [0.25, 0.3) is 0 Å². The summed E-state index contributed by atoms with van der Waals surface area (Å²) >= 11 is 0. The van der Waals surface area contributed by atoms with Crippen LogP contribution in [0.15, 0.2) is 18.2 Å². The summed E-state index contributed by atoms with van der Waals surface area (Å²) < 4.78 is 5.83. The Morgan fingerprint density at radius 3 is 2.35 bits per heavy atom. The molecule has 20 heavy (non-hydrogen) atoms. The molecule has 1 aromatic carbocycles. The third-order valence-corrected chi connectivity index (χ3v) is 3.69. The quantitative estimate of drug-likeness (QED) is 0.428. The number of unbranched alkanes of at least 4 members (excludes halogenated alkanes) is 7. The molecule has 0 saturated heterocycles. The summed E-state index contributed by atoms with van der Waals surface area (Å²) in [6, 6.07) is 9.46. The van der Waals surface area contributed by atoms with E-state index in [2.05, 4.69) is 32.0 Å². The van der Waals surface area contributed by atoms with Crippen molar-refractivity contribution in [3.8, 4) is 5.75 Å². The van der Waals surface area contributed by atoms with Crippen LogP contribution in [-0.2, 0) is 6.42 Å². The predicted molar refractivity (Wildman–Crippen MR) is 87.4 cm³/mol. The first-order chi connectivity index (χ1) is 9.88. The van der Waals surface area contributed by atoms with Crippen LogP contribution in [0.4, 0.5) is 0 Å². The lowest BCUT2D eigenvalue weighted by Crippen LogP contribution is -2.00. The Labute approximate surface area is 125 Å². The molecule has 0 N–H and O–H groups in total. The molecule has 0 aliphatic heterocycles. The van der Waals surface area contributed by atoms with E-state index in [1.165, 1.54) is 56.9 Å². The van der Waals surface area contributed by atoms with Crippen molar-refractivity contribution in [2.75, 3.05) is 6.61 Å². The molecule has 0 unspecified atom stereocenters. The third-order valence-electron chi connectivity index (χ3n) is 3.69. The topological polar surface area (TPSA) is 9.23 Å². The van der Waals surface area contributed by atoms with Gasteiger partial charge in [0.2, 0.25) is 0 Å². The highest BCUT2D eigenvalue weighted by atomic mass is 16.5. The van der Waals surface area contributed by atoms with Crippen molar-refractivity contribution in [3.63, 3.8) is 0 Å². The molecular weight excluding hydrogens is 244 g/mol. The van der Waals surface area contributed by atoms with Gasteiger partial charge >= 0.3 is 0 Å². The largest absolute Gasteiger partial charge is 0.493 e. The van der Waals surface area contributed by atoms with Crippen LogP contribution in [0.2, 0.25) is 0 Å². The SMILES string of the molecule is CCCCCCCCCc1ccc[c]c1OCCCC. The van der Waals surface area contributed by atoms with Crippen molar-refractivity contribution < 1.29 is 4.74 Å². The second-order valence-corrected chi connectivity index (χ2v) is 5.60. The average molecular weight is 275 g/mol. The Morgan fingerprint density at radius 1 is 0.900 bits per heavy atom. The maximum absolute atomic E-state index is 5.83. The van der Waals surface area contributed by atoms with Crippen molar-refractivity contribution in [3.05, 3.63) is 29.8 Å². The molecule has 0 fully saturated rings. The Morgan fingerprint density at radius 2 is 1.60 bits per heavy atom. The van der Waals surface area contributed by atoms with Crippen LogP contribution < -0.4 is 4.74 Å². The molecule has 1 nitrogen and oxygen atoms in total. The monoisotopic (exact) mass is 275 g/mol. The highest BCUT2D eigenvalue weighted by Crippen LogP contribution is 2.20. The van der Waals surface area contributed by atoms with Crippen LogP contribution in [0.25, 0.3) is 0 Å². The minimum atomic E-state index is 0.820. The van der Waals surface area contributed by atoms with Gasteiger partial charge in [0.05, 0.1) is 6.61 Å². The lowest BCUT2D eigenvalue weighted by molar-refractivity contribution is 0.305. The normalized spacial score (nSPS) is 10.7. The Kier molecular flexibility index (Phi) is 10.1. The first-order valence-electron chi connectivity index (χ1n) is 8.50. The zero-order valence-corrected chi connectivity index (χ0v) is 13.4. The molecule has 0 aromatic heterocycles. The number of rotatable bonds is 12. The molecular formula is C19H31O. The lowest BCUT2D eigenvalue weighted by atomic mass is 10.0. The van der Waals surface area contributed by atoms with E-state index < -0.39 is 0 Å². The summed E-state index contributed by atoms with van der Waals surface area (Å²) in [5.41, 5.74) is 1.33. The van der Waals surface area contributed by atoms with E-state index in [4.69, 9.17) is 4.74 Å². The number of hydrogen-bond donors (Lipinski definition) is 0. The summed E-state index contributed by atoms with van der Waals surface area (Å²) in [4.78, 5) is 0. The van der Waals surface area contributed by atoms with Gasteiger partial charge in [-0.2, -0.15) is 0 Å². The molecule has 0 saturated carbocycles. The van der Waals surface area contributed by atoms with Crippen molar-refractivity contribution in [2.24, 2.45) is 0 Å². The molecule has 0 aliphatic carbocycles. The van der Waals surface area contributed by atoms with Crippen LogP contribution in [0.1, 0.15) is 77.2 Å². The van der Waals surface area contributed by atoms with Gasteiger partial charge < -0.3 is 4.74 Å². The van der Waals surface area contributed by atoms with E-state index in [-0.39, 0.29) is 0 Å². The van der Waals surface area contributed by atoms with Gasteiger partial charge in [0.1, 0.15) is 5.75 Å². The van der Waals surface area contributed by atoms with Gasteiger partial charge in [0, 0.05) is 6.07 Å². The summed E-state index contributed by atoms with van der Waals surface area (Å²) in [6.07, 6.45) is 13.0. The van der Waals surface area contributed by atoms with E-state index in [0.717, 1.165) is 25.2 Å². The van der Waals surface area contributed by atoms with Crippen LogP contribution in [0.5, 0.6) is 5.75 Å².